The molecule has 1 saturated heterocycles. The van der Waals surface area contributed by atoms with Crippen molar-refractivity contribution in [2.24, 2.45) is 0 Å². The maximum atomic E-state index is 12.7. The Morgan fingerprint density at radius 1 is 0.909 bits per heavy atom. The lowest BCUT2D eigenvalue weighted by Gasteiger charge is -2.31. The van der Waals surface area contributed by atoms with Crippen LogP contribution in [-0.2, 0) is 10.0 Å². The van der Waals surface area contributed by atoms with Gasteiger partial charge in [0.1, 0.15) is 0 Å². The van der Waals surface area contributed by atoms with E-state index in [9.17, 15) is 8.42 Å². The number of rotatable bonds is 3. The van der Waals surface area contributed by atoms with Crippen LogP contribution < -0.4 is 0 Å². The fourth-order valence-corrected chi connectivity index (χ4v) is 5.38. The molecule has 116 valence electrons. The maximum Gasteiger partial charge on any atom is 0.244 e. The molecule has 0 unspecified atom stereocenters. The lowest BCUT2D eigenvalue weighted by molar-refractivity contribution is 0.319. The van der Waals surface area contributed by atoms with Gasteiger partial charge >= 0.3 is 0 Å². The van der Waals surface area contributed by atoms with Crippen LogP contribution in [0.3, 0.4) is 0 Å². The normalized spacial score (nSPS) is 17.5. The molecular weight excluding hydrogens is 362 g/mol. The van der Waals surface area contributed by atoms with Crippen LogP contribution in [0.4, 0.5) is 0 Å². The molecule has 0 aromatic heterocycles. The summed E-state index contributed by atoms with van der Waals surface area (Å²) in [7, 11) is -3.41. The summed E-state index contributed by atoms with van der Waals surface area (Å²) in [6, 6.07) is 17.4. The first-order valence-corrected chi connectivity index (χ1v) is 9.62. The summed E-state index contributed by atoms with van der Waals surface area (Å²) in [6.07, 6.45) is 1.74. The summed E-state index contributed by atoms with van der Waals surface area (Å²) < 4.78 is 27.7. The molecule has 0 atom stereocenters. The van der Waals surface area contributed by atoms with E-state index < -0.39 is 10.0 Å². The summed E-state index contributed by atoms with van der Waals surface area (Å²) >= 11 is 3.34. The molecule has 0 aliphatic carbocycles. The van der Waals surface area contributed by atoms with Gasteiger partial charge < -0.3 is 0 Å². The Morgan fingerprint density at radius 3 is 2.14 bits per heavy atom. The van der Waals surface area contributed by atoms with Crippen LogP contribution in [0.5, 0.6) is 0 Å². The van der Waals surface area contributed by atoms with E-state index in [2.05, 4.69) is 28.1 Å². The van der Waals surface area contributed by atoms with Gasteiger partial charge in [-0.3, -0.25) is 0 Å². The number of sulfonamides is 1. The van der Waals surface area contributed by atoms with E-state index in [1.165, 1.54) is 5.56 Å². The summed E-state index contributed by atoms with van der Waals surface area (Å²) in [5.41, 5.74) is 1.31. The highest BCUT2D eigenvalue weighted by molar-refractivity contribution is 9.10. The minimum absolute atomic E-state index is 0.355. The molecule has 1 aliphatic rings. The van der Waals surface area contributed by atoms with Crippen molar-refractivity contribution >= 4 is 26.0 Å². The molecule has 1 fully saturated rings. The highest BCUT2D eigenvalue weighted by Gasteiger charge is 2.30. The van der Waals surface area contributed by atoms with Crippen molar-refractivity contribution in [1.29, 1.82) is 0 Å². The molecule has 0 spiro atoms. The monoisotopic (exact) mass is 379 g/mol. The number of piperidine rings is 1. The van der Waals surface area contributed by atoms with Gasteiger partial charge in [-0.15, -0.1) is 0 Å². The third kappa shape index (κ3) is 3.12. The Labute approximate surface area is 140 Å². The van der Waals surface area contributed by atoms with Crippen molar-refractivity contribution in [3.8, 4) is 0 Å². The molecule has 22 heavy (non-hydrogen) atoms. The molecule has 1 aliphatic heterocycles. The fraction of sp³-hybridized carbons (Fsp3) is 0.294. The Bertz CT molecular complexity index is 738. The standard InChI is InChI=1S/C17H18BrNO2S/c18-16-8-4-5-9-17(16)22(20,21)19-12-10-15(11-13-19)14-6-2-1-3-7-14/h1-9,15H,10-13H2. The van der Waals surface area contributed by atoms with Crippen LogP contribution in [0.25, 0.3) is 0 Å². The lowest BCUT2D eigenvalue weighted by Crippen LogP contribution is -2.38. The number of hydrogen-bond acceptors (Lipinski definition) is 2. The molecular formula is C17H18BrNO2S. The summed E-state index contributed by atoms with van der Waals surface area (Å²) in [5.74, 6) is 0.451. The van der Waals surface area contributed by atoms with Crippen molar-refractivity contribution in [1.82, 2.24) is 4.31 Å². The molecule has 3 nitrogen and oxygen atoms in total. The number of halogens is 1. The smallest absolute Gasteiger partial charge is 0.207 e. The number of hydrogen-bond donors (Lipinski definition) is 0. The minimum Gasteiger partial charge on any atom is -0.207 e. The Hall–Kier alpha value is -1.17. The zero-order valence-electron chi connectivity index (χ0n) is 12.2. The molecule has 0 saturated carbocycles. The predicted octanol–water partition coefficient (Wildman–Crippen LogP) is 4.02. The van der Waals surface area contributed by atoms with Gasteiger partial charge in [-0.2, -0.15) is 4.31 Å². The Balaban J connectivity index is 1.75. The van der Waals surface area contributed by atoms with Gasteiger partial charge in [-0.25, -0.2) is 8.42 Å². The molecule has 0 N–H and O–H groups in total. The van der Waals surface area contributed by atoms with Crippen LogP contribution in [0, 0.1) is 0 Å². The van der Waals surface area contributed by atoms with Gasteiger partial charge in [0.2, 0.25) is 10.0 Å². The molecule has 5 heteroatoms. The van der Waals surface area contributed by atoms with Crippen LogP contribution in [-0.4, -0.2) is 25.8 Å². The second-order valence-electron chi connectivity index (χ2n) is 5.52. The minimum atomic E-state index is -3.41. The highest BCUT2D eigenvalue weighted by atomic mass is 79.9. The van der Waals surface area contributed by atoms with Crippen molar-refractivity contribution in [3.63, 3.8) is 0 Å². The van der Waals surface area contributed by atoms with E-state index in [1.54, 1.807) is 22.5 Å². The number of nitrogens with zero attached hydrogens (tertiary/aromatic N) is 1. The summed E-state index contributed by atoms with van der Waals surface area (Å²) in [6.45, 7) is 1.15. The topological polar surface area (TPSA) is 37.4 Å². The number of benzene rings is 2. The maximum absolute atomic E-state index is 12.7. The van der Waals surface area contributed by atoms with Gasteiger partial charge in [-0.05, 0) is 52.4 Å². The second-order valence-corrected chi connectivity index (χ2v) is 8.28. The average Bonchev–Trinajstić information content (AvgIpc) is 2.56. The molecule has 2 aromatic carbocycles. The van der Waals surface area contributed by atoms with E-state index in [-0.39, 0.29) is 0 Å². The van der Waals surface area contributed by atoms with E-state index >= 15 is 0 Å². The van der Waals surface area contributed by atoms with Gasteiger partial charge in [0.25, 0.3) is 0 Å². The molecule has 0 bridgehead atoms. The molecule has 0 amide bonds. The van der Waals surface area contributed by atoms with Crippen molar-refractivity contribution in [2.75, 3.05) is 13.1 Å². The SMILES string of the molecule is O=S(=O)(c1ccccc1Br)N1CCC(c2ccccc2)CC1. The van der Waals surface area contributed by atoms with Gasteiger partial charge in [0, 0.05) is 17.6 Å². The third-order valence-corrected chi connectivity index (χ3v) is 7.09. The quantitative estimate of drug-likeness (QED) is 0.807. The van der Waals surface area contributed by atoms with E-state index in [4.69, 9.17) is 0 Å². The van der Waals surface area contributed by atoms with E-state index in [0.717, 1.165) is 12.8 Å². The molecule has 3 rings (SSSR count). The molecule has 2 aromatic rings. The average molecular weight is 380 g/mol. The van der Waals surface area contributed by atoms with Crippen LogP contribution >= 0.6 is 15.9 Å². The van der Waals surface area contributed by atoms with Crippen molar-refractivity contribution in [3.05, 3.63) is 64.6 Å². The fourth-order valence-electron chi connectivity index (χ4n) is 2.95. The van der Waals surface area contributed by atoms with Gasteiger partial charge in [0.15, 0.2) is 0 Å². The van der Waals surface area contributed by atoms with Crippen molar-refractivity contribution < 1.29 is 8.42 Å². The first-order chi connectivity index (χ1) is 10.6. The zero-order valence-corrected chi connectivity index (χ0v) is 14.6. The summed E-state index contributed by atoms with van der Waals surface area (Å²) in [5, 5.41) is 0. The Kier molecular flexibility index (Phi) is 4.66. The predicted molar refractivity (Wildman–Crippen MR) is 91.3 cm³/mol. The van der Waals surface area contributed by atoms with Crippen LogP contribution in [0.15, 0.2) is 64.0 Å². The lowest BCUT2D eigenvalue weighted by atomic mass is 9.90. The van der Waals surface area contributed by atoms with Gasteiger partial charge in [0.05, 0.1) is 4.90 Å². The second kappa shape index (κ2) is 6.52. The largest absolute Gasteiger partial charge is 0.244 e. The summed E-state index contributed by atoms with van der Waals surface area (Å²) in [4.78, 5) is 0.355. The van der Waals surface area contributed by atoms with Crippen LogP contribution in [0.1, 0.15) is 24.3 Å². The highest BCUT2D eigenvalue weighted by Crippen LogP contribution is 2.32. The molecule has 0 radical (unpaired) electrons. The molecule has 1 heterocycles. The van der Waals surface area contributed by atoms with E-state index in [0.29, 0.717) is 28.4 Å². The Morgan fingerprint density at radius 2 is 1.50 bits per heavy atom. The van der Waals surface area contributed by atoms with Gasteiger partial charge in [-0.1, -0.05) is 42.5 Å². The zero-order chi connectivity index (χ0) is 15.6. The first kappa shape index (κ1) is 15.7. The third-order valence-electron chi connectivity index (χ3n) is 4.18. The first-order valence-electron chi connectivity index (χ1n) is 7.38. The van der Waals surface area contributed by atoms with Crippen LogP contribution in [0.2, 0.25) is 0 Å². The van der Waals surface area contributed by atoms with Crippen molar-refractivity contribution in [2.45, 2.75) is 23.7 Å². The van der Waals surface area contributed by atoms with E-state index in [1.807, 2.05) is 24.3 Å².